The lowest BCUT2D eigenvalue weighted by Crippen LogP contribution is -2.44. The molecule has 1 saturated heterocycles. The molecule has 8 nitrogen and oxygen atoms in total. The summed E-state index contributed by atoms with van der Waals surface area (Å²) in [5.41, 5.74) is 1.82. The molecule has 0 unspecified atom stereocenters. The zero-order chi connectivity index (χ0) is 43.1. The van der Waals surface area contributed by atoms with Crippen molar-refractivity contribution in [1.82, 2.24) is 9.55 Å². The molecule has 0 aliphatic carbocycles. The zero-order valence-corrected chi connectivity index (χ0v) is 34.2. The maximum atomic E-state index is 18.1. The van der Waals surface area contributed by atoms with Gasteiger partial charge in [0, 0.05) is 11.8 Å². The predicted octanol–water partition coefficient (Wildman–Crippen LogP) is 10.1. The van der Waals surface area contributed by atoms with Crippen molar-refractivity contribution in [2.75, 3.05) is 11.9 Å². The highest BCUT2D eigenvalue weighted by Crippen LogP contribution is 2.47. The number of alkyl halides is 1. The van der Waals surface area contributed by atoms with E-state index in [0.717, 1.165) is 33.4 Å². The fourth-order valence-corrected chi connectivity index (χ4v) is 8.54. The third-order valence-corrected chi connectivity index (χ3v) is 11.5. The Bertz CT molecular complexity index is 2590. The second-order valence-corrected chi connectivity index (χ2v) is 15.3. The van der Waals surface area contributed by atoms with Crippen LogP contribution in [0.4, 0.5) is 10.2 Å². The number of benzene rings is 7. The monoisotopic (exact) mass is 833 g/mol. The number of carbonyl (C=O) groups excluding carboxylic acids is 1. The molecule has 1 aromatic heterocycles. The number of aromatic nitrogens is 2. The molecule has 8 aromatic rings. The summed E-state index contributed by atoms with van der Waals surface area (Å²) < 4.78 is 40.5. The van der Waals surface area contributed by atoms with E-state index in [9.17, 15) is 9.59 Å². The van der Waals surface area contributed by atoms with Gasteiger partial charge in [0.1, 0.15) is 29.2 Å². The summed E-state index contributed by atoms with van der Waals surface area (Å²) in [6.07, 6.45) is -4.36. The van der Waals surface area contributed by atoms with E-state index in [2.05, 4.69) is 10.3 Å². The van der Waals surface area contributed by atoms with Crippen LogP contribution in [0.3, 0.4) is 0 Å². The van der Waals surface area contributed by atoms with E-state index in [1.807, 2.05) is 182 Å². The summed E-state index contributed by atoms with van der Waals surface area (Å²) in [6.45, 7) is -0.237. The minimum Gasteiger partial charge on any atom is -0.358 e. The number of halogens is 1. The summed E-state index contributed by atoms with van der Waals surface area (Å²) in [4.78, 5) is 31.4. The molecular weight excluding hydrogens is 790 g/mol. The fourth-order valence-electron chi connectivity index (χ4n) is 8.54. The standard InChI is InChI=1S/C54H44FN3O5/c55-48-46(38-61-53(40-24-10-2-11-25-40,41-26-12-3-13-27-41)42-28-14-4-15-29-42)62-51(58-37-36-47(57-52(58)60)56-50(59)39-22-8-1-9-23-39)49(48)63-54(43-30-16-5-17-31-43,44-32-18-6-19-33-44)45-34-20-7-21-35-45/h1-37,46,48-49,51H,38H2,(H,56,57,59,60)/t46-,48+,49-,51-/m1/s1. The molecule has 1 fully saturated rings. The molecule has 1 amide bonds. The molecule has 7 aromatic carbocycles. The largest absolute Gasteiger partial charge is 0.358 e. The molecule has 4 atom stereocenters. The third-order valence-electron chi connectivity index (χ3n) is 11.5. The van der Waals surface area contributed by atoms with Crippen LogP contribution in [0.1, 0.15) is 50.0 Å². The minimum atomic E-state index is -1.84. The van der Waals surface area contributed by atoms with Crippen LogP contribution in [0.25, 0.3) is 0 Å². The number of amides is 1. The number of hydrogen-bond donors (Lipinski definition) is 1. The first-order chi connectivity index (χ1) is 31.0. The highest BCUT2D eigenvalue weighted by atomic mass is 19.1. The highest BCUT2D eigenvalue weighted by molar-refractivity contribution is 6.03. The van der Waals surface area contributed by atoms with E-state index in [1.54, 1.807) is 30.3 Å². The first-order valence-corrected chi connectivity index (χ1v) is 20.9. The molecule has 1 N–H and O–H groups in total. The molecule has 9 rings (SSSR count). The Morgan fingerprint density at radius 3 is 1.35 bits per heavy atom. The summed E-state index contributed by atoms with van der Waals surface area (Å²) in [6, 6.07) is 68.5. The van der Waals surface area contributed by atoms with Gasteiger partial charge in [-0.05, 0) is 51.6 Å². The normalized spacial score (nSPS) is 17.5. The van der Waals surface area contributed by atoms with Gasteiger partial charge in [0.25, 0.3) is 5.91 Å². The number of anilines is 1. The molecule has 0 spiro atoms. The molecule has 0 bridgehead atoms. The summed E-state index contributed by atoms with van der Waals surface area (Å²) >= 11 is 0. The second-order valence-electron chi connectivity index (χ2n) is 15.3. The van der Waals surface area contributed by atoms with Gasteiger partial charge in [-0.1, -0.05) is 200 Å². The van der Waals surface area contributed by atoms with E-state index in [4.69, 9.17) is 14.2 Å². The van der Waals surface area contributed by atoms with E-state index >= 15 is 4.39 Å². The Labute approximate surface area is 365 Å². The number of rotatable bonds is 14. The molecule has 0 saturated carbocycles. The average Bonchev–Trinajstić information content (AvgIpc) is 3.66. The van der Waals surface area contributed by atoms with Crippen molar-refractivity contribution in [3.8, 4) is 0 Å². The number of nitrogens with zero attached hydrogens (tertiary/aromatic N) is 2. The average molecular weight is 834 g/mol. The molecule has 9 heteroatoms. The topological polar surface area (TPSA) is 91.7 Å². The van der Waals surface area contributed by atoms with Crippen molar-refractivity contribution < 1.29 is 23.4 Å². The van der Waals surface area contributed by atoms with Crippen LogP contribution in [0.15, 0.2) is 229 Å². The Hall–Kier alpha value is -7.30. The van der Waals surface area contributed by atoms with E-state index in [1.165, 1.54) is 16.8 Å². The van der Waals surface area contributed by atoms with Crippen molar-refractivity contribution in [2.24, 2.45) is 0 Å². The van der Waals surface area contributed by atoms with Crippen LogP contribution >= 0.6 is 0 Å². The van der Waals surface area contributed by atoms with Gasteiger partial charge in [0.05, 0.1) is 6.61 Å². The van der Waals surface area contributed by atoms with Gasteiger partial charge in [-0.15, -0.1) is 0 Å². The lowest BCUT2D eigenvalue weighted by atomic mass is 9.79. The molecule has 63 heavy (non-hydrogen) atoms. The summed E-state index contributed by atoms with van der Waals surface area (Å²) in [5.74, 6) is -0.403. The van der Waals surface area contributed by atoms with Gasteiger partial charge in [-0.3, -0.25) is 9.36 Å². The quantitative estimate of drug-likeness (QED) is 0.110. The van der Waals surface area contributed by atoms with Crippen LogP contribution in [-0.4, -0.2) is 40.4 Å². The maximum Gasteiger partial charge on any atom is 0.351 e. The third kappa shape index (κ3) is 8.13. The fraction of sp³-hybridized carbons (Fsp3) is 0.130. The van der Waals surface area contributed by atoms with Gasteiger partial charge >= 0.3 is 5.69 Å². The number of ether oxygens (including phenoxy) is 3. The first kappa shape index (κ1) is 41.1. The predicted molar refractivity (Wildman–Crippen MR) is 241 cm³/mol. The van der Waals surface area contributed by atoms with Crippen LogP contribution in [-0.2, 0) is 25.4 Å². The van der Waals surface area contributed by atoms with Crippen molar-refractivity contribution in [3.63, 3.8) is 0 Å². The van der Waals surface area contributed by atoms with Crippen molar-refractivity contribution >= 4 is 11.7 Å². The Kier molecular flexibility index (Phi) is 12.0. The van der Waals surface area contributed by atoms with Gasteiger partial charge in [-0.25, -0.2) is 9.18 Å². The Morgan fingerprint density at radius 1 is 0.571 bits per heavy atom. The summed E-state index contributed by atoms with van der Waals surface area (Å²) in [5, 5.41) is 2.70. The number of hydrogen-bond acceptors (Lipinski definition) is 6. The Balaban J connectivity index is 1.16. The number of nitrogens with one attached hydrogen (secondary N) is 1. The minimum absolute atomic E-state index is 0.0304. The van der Waals surface area contributed by atoms with Crippen LogP contribution < -0.4 is 11.0 Å². The van der Waals surface area contributed by atoms with Crippen LogP contribution in [0.2, 0.25) is 0 Å². The van der Waals surface area contributed by atoms with Crippen molar-refractivity contribution in [3.05, 3.63) is 274 Å². The van der Waals surface area contributed by atoms with Crippen LogP contribution in [0.5, 0.6) is 0 Å². The van der Waals surface area contributed by atoms with Gasteiger partial charge in [0.2, 0.25) is 0 Å². The lowest BCUT2D eigenvalue weighted by Gasteiger charge is -2.39. The van der Waals surface area contributed by atoms with Gasteiger partial charge in [0.15, 0.2) is 12.4 Å². The SMILES string of the molecule is O=C(Nc1ccn([C@@H]2O[C@H](COC(c3ccccc3)(c3ccccc3)c3ccccc3)[C@H](F)[C@H]2OC(c2ccccc2)(c2ccccc2)c2ccccc2)c(=O)n1)c1ccccc1. The van der Waals surface area contributed by atoms with Crippen molar-refractivity contribution in [1.29, 1.82) is 0 Å². The lowest BCUT2D eigenvalue weighted by molar-refractivity contribution is -0.121. The zero-order valence-electron chi connectivity index (χ0n) is 34.2. The van der Waals surface area contributed by atoms with E-state index < -0.39 is 47.4 Å². The van der Waals surface area contributed by atoms with Gasteiger partial charge < -0.3 is 19.5 Å². The molecular formula is C54H44FN3O5. The molecule has 1 aliphatic rings. The van der Waals surface area contributed by atoms with Crippen molar-refractivity contribution in [2.45, 2.75) is 35.8 Å². The first-order valence-electron chi connectivity index (χ1n) is 20.9. The Morgan fingerprint density at radius 2 is 0.952 bits per heavy atom. The van der Waals surface area contributed by atoms with Crippen LogP contribution in [0, 0.1) is 0 Å². The summed E-state index contributed by atoms with van der Waals surface area (Å²) in [7, 11) is 0. The smallest absolute Gasteiger partial charge is 0.351 e. The molecule has 312 valence electrons. The highest BCUT2D eigenvalue weighted by Gasteiger charge is 2.53. The van der Waals surface area contributed by atoms with E-state index in [-0.39, 0.29) is 12.4 Å². The molecule has 2 heterocycles. The number of carbonyl (C=O) groups is 1. The molecule has 0 radical (unpaired) electrons. The molecule has 1 aliphatic heterocycles. The van der Waals surface area contributed by atoms with Gasteiger partial charge in [-0.2, -0.15) is 4.98 Å². The van der Waals surface area contributed by atoms with E-state index in [0.29, 0.717) is 5.56 Å². The second kappa shape index (κ2) is 18.4. The maximum absolute atomic E-state index is 18.1.